The number of amides is 1. The highest BCUT2D eigenvalue weighted by Gasteiger charge is 2.13. The van der Waals surface area contributed by atoms with E-state index < -0.39 is 0 Å². The summed E-state index contributed by atoms with van der Waals surface area (Å²) in [6.07, 6.45) is 0. The van der Waals surface area contributed by atoms with Crippen molar-refractivity contribution in [2.75, 3.05) is 6.54 Å². The molecule has 1 aromatic carbocycles. The smallest absolute Gasteiger partial charge is 0.255 e. The van der Waals surface area contributed by atoms with E-state index in [1.807, 2.05) is 22.6 Å². The second-order valence-corrected chi connectivity index (χ2v) is 5.05. The number of phenolic OH excluding ortho intramolecular Hbond substituents is 1. The second-order valence-electron chi connectivity index (χ2n) is 2.74. The summed E-state index contributed by atoms with van der Waals surface area (Å²) in [7, 11) is 0. The van der Waals surface area contributed by atoms with Crippen molar-refractivity contribution in [2.24, 2.45) is 0 Å². The van der Waals surface area contributed by atoms with E-state index in [2.05, 4.69) is 47.0 Å². The molecule has 0 atom stereocenters. The van der Waals surface area contributed by atoms with Gasteiger partial charge >= 0.3 is 0 Å². The van der Waals surface area contributed by atoms with E-state index in [-0.39, 0.29) is 23.8 Å². The molecule has 0 aliphatic carbocycles. The molecule has 84 valence electrons. The Morgan fingerprint density at radius 3 is 2.81 bits per heavy atom. The molecule has 0 radical (unpaired) electrons. The van der Waals surface area contributed by atoms with Crippen molar-refractivity contribution >= 4 is 60.4 Å². The van der Waals surface area contributed by atoms with Gasteiger partial charge < -0.3 is 10.4 Å². The van der Waals surface area contributed by atoms with Gasteiger partial charge in [0.1, 0.15) is 5.75 Å². The van der Waals surface area contributed by atoms with Crippen LogP contribution < -0.4 is 5.32 Å². The van der Waals surface area contributed by atoms with E-state index in [0.717, 1.165) is 0 Å². The van der Waals surface area contributed by atoms with E-state index in [0.29, 0.717) is 8.95 Å². The average Bonchev–Trinajstić information content (AvgIpc) is 2.23. The molecule has 0 aliphatic heterocycles. The molecule has 0 unspecified atom stereocenters. The SMILES string of the molecule is O=C(NCC#CI)c1cc(Br)cc(Br)c1O. The zero-order valence-corrected chi connectivity index (χ0v) is 13.2. The summed E-state index contributed by atoms with van der Waals surface area (Å²) in [5, 5.41) is 12.3. The van der Waals surface area contributed by atoms with Gasteiger partial charge in [-0.1, -0.05) is 21.9 Å². The van der Waals surface area contributed by atoms with Gasteiger partial charge in [0.05, 0.1) is 16.6 Å². The standard InChI is InChI=1S/C10H6Br2INO2/c11-6-4-7(9(15)8(12)5-6)10(16)14-3-1-2-13/h4-5,15H,3H2,(H,14,16). The summed E-state index contributed by atoms with van der Waals surface area (Å²) in [6, 6.07) is 3.21. The van der Waals surface area contributed by atoms with Crippen LogP contribution in [-0.2, 0) is 0 Å². The van der Waals surface area contributed by atoms with Crippen LogP contribution in [0.2, 0.25) is 0 Å². The Labute approximate surface area is 123 Å². The lowest BCUT2D eigenvalue weighted by atomic mass is 10.2. The van der Waals surface area contributed by atoms with Crippen LogP contribution in [0.3, 0.4) is 0 Å². The van der Waals surface area contributed by atoms with Crippen LogP contribution in [0.15, 0.2) is 21.1 Å². The lowest BCUT2D eigenvalue weighted by Crippen LogP contribution is -2.23. The molecular weight excluding hydrogens is 453 g/mol. The highest BCUT2D eigenvalue weighted by Crippen LogP contribution is 2.31. The van der Waals surface area contributed by atoms with Crippen LogP contribution >= 0.6 is 54.5 Å². The number of aromatic hydroxyl groups is 1. The molecule has 0 fully saturated rings. The van der Waals surface area contributed by atoms with Crippen LogP contribution in [0.5, 0.6) is 5.75 Å². The molecule has 0 bridgehead atoms. The van der Waals surface area contributed by atoms with E-state index in [9.17, 15) is 9.90 Å². The Kier molecular flexibility index (Phi) is 5.58. The Hall–Kier alpha value is -0.260. The Morgan fingerprint density at radius 2 is 2.19 bits per heavy atom. The summed E-state index contributed by atoms with van der Waals surface area (Å²) >= 11 is 8.29. The third-order valence-electron chi connectivity index (χ3n) is 1.68. The molecular formula is C10H6Br2INO2. The largest absolute Gasteiger partial charge is 0.506 e. The second kappa shape index (κ2) is 6.47. The van der Waals surface area contributed by atoms with Gasteiger partial charge in [-0.2, -0.15) is 0 Å². The van der Waals surface area contributed by atoms with Gasteiger partial charge in [0, 0.05) is 27.1 Å². The van der Waals surface area contributed by atoms with E-state index in [1.165, 1.54) is 0 Å². The zero-order chi connectivity index (χ0) is 12.1. The molecule has 1 rings (SSSR count). The van der Waals surface area contributed by atoms with E-state index in [4.69, 9.17) is 0 Å². The van der Waals surface area contributed by atoms with Crippen molar-refractivity contribution in [3.8, 4) is 15.6 Å². The number of rotatable bonds is 2. The minimum atomic E-state index is -0.362. The van der Waals surface area contributed by atoms with Crippen molar-refractivity contribution in [2.45, 2.75) is 0 Å². The minimum Gasteiger partial charge on any atom is -0.506 e. The van der Waals surface area contributed by atoms with Gasteiger partial charge in [0.2, 0.25) is 0 Å². The number of carbonyl (C=O) groups is 1. The van der Waals surface area contributed by atoms with Gasteiger partial charge in [-0.25, -0.2) is 0 Å². The van der Waals surface area contributed by atoms with E-state index in [1.54, 1.807) is 12.1 Å². The van der Waals surface area contributed by atoms with Crippen LogP contribution in [-0.4, -0.2) is 17.6 Å². The van der Waals surface area contributed by atoms with Gasteiger partial charge in [0.15, 0.2) is 0 Å². The van der Waals surface area contributed by atoms with E-state index >= 15 is 0 Å². The number of hydrogen-bond acceptors (Lipinski definition) is 2. The zero-order valence-electron chi connectivity index (χ0n) is 7.85. The van der Waals surface area contributed by atoms with Gasteiger partial charge in [-0.15, -0.1) is 0 Å². The highest BCUT2D eigenvalue weighted by atomic mass is 127. The normalized spacial score (nSPS) is 9.19. The Bertz CT molecular complexity index is 480. The van der Waals surface area contributed by atoms with Crippen LogP contribution in [0.25, 0.3) is 0 Å². The summed E-state index contributed by atoms with van der Waals surface area (Å²) in [5.74, 6) is 2.25. The fourth-order valence-corrected chi connectivity index (χ4v) is 2.41. The molecule has 0 spiro atoms. The van der Waals surface area contributed by atoms with Crippen molar-refractivity contribution in [3.63, 3.8) is 0 Å². The van der Waals surface area contributed by atoms with Crippen molar-refractivity contribution < 1.29 is 9.90 Å². The molecule has 16 heavy (non-hydrogen) atoms. The average molecular weight is 459 g/mol. The summed E-state index contributed by atoms with van der Waals surface area (Å²) < 4.78 is 3.81. The maximum absolute atomic E-state index is 11.7. The van der Waals surface area contributed by atoms with Crippen molar-refractivity contribution in [3.05, 3.63) is 26.6 Å². The number of phenols is 1. The number of halogens is 3. The molecule has 0 aromatic heterocycles. The number of nitrogens with one attached hydrogen (secondary N) is 1. The number of benzene rings is 1. The lowest BCUT2D eigenvalue weighted by Gasteiger charge is -2.06. The molecule has 2 N–H and O–H groups in total. The molecule has 1 aromatic rings. The van der Waals surface area contributed by atoms with Crippen molar-refractivity contribution in [1.82, 2.24) is 5.32 Å². The van der Waals surface area contributed by atoms with Crippen LogP contribution in [0, 0.1) is 9.85 Å². The van der Waals surface area contributed by atoms with Gasteiger partial charge in [-0.3, -0.25) is 4.79 Å². The molecule has 0 saturated carbocycles. The monoisotopic (exact) mass is 457 g/mol. The predicted octanol–water partition coefficient (Wildman–Crippen LogP) is 3.04. The highest BCUT2D eigenvalue weighted by molar-refractivity contribution is 14.1. The van der Waals surface area contributed by atoms with Gasteiger partial charge in [0.25, 0.3) is 5.91 Å². The third kappa shape index (κ3) is 3.64. The predicted molar refractivity (Wildman–Crippen MR) is 77.6 cm³/mol. The molecule has 0 heterocycles. The summed E-state index contributed by atoms with van der Waals surface area (Å²) in [6.45, 7) is 0.255. The first-order valence-corrected chi connectivity index (χ1v) is 6.77. The first kappa shape index (κ1) is 13.8. The maximum Gasteiger partial charge on any atom is 0.255 e. The van der Waals surface area contributed by atoms with Crippen LogP contribution in [0.1, 0.15) is 10.4 Å². The molecule has 6 heteroatoms. The lowest BCUT2D eigenvalue weighted by molar-refractivity contribution is 0.0956. The maximum atomic E-state index is 11.7. The van der Waals surface area contributed by atoms with Gasteiger partial charge in [-0.05, 0) is 32.0 Å². The number of hydrogen-bond donors (Lipinski definition) is 2. The van der Waals surface area contributed by atoms with Crippen molar-refractivity contribution in [1.29, 1.82) is 0 Å². The Morgan fingerprint density at radius 1 is 1.50 bits per heavy atom. The third-order valence-corrected chi connectivity index (χ3v) is 3.12. The molecule has 0 aliphatic rings. The Balaban J connectivity index is 2.93. The fraction of sp³-hybridized carbons (Fsp3) is 0.100. The minimum absolute atomic E-state index is 0.0804. The first-order valence-electron chi connectivity index (χ1n) is 4.11. The molecule has 3 nitrogen and oxygen atoms in total. The topological polar surface area (TPSA) is 49.3 Å². The fourth-order valence-electron chi connectivity index (χ4n) is 0.992. The summed E-state index contributed by atoms with van der Waals surface area (Å²) in [5.41, 5.74) is 0.205. The first-order chi connectivity index (χ1) is 7.56. The molecule has 1 amide bonds. The van der Waals surface area contributed by atoms with Crippen LogP contribution in [0.4, 0.5) is 0 Å². The summed E-state index contributed by atoms with van der Waals surface area (Å²) in [4.78, 5) is 11.7. The molecule has 0 saturated heterocycles. The number of carbonyl (C=O) groups excluding carboxylic acids is 1. The quantitative estimate of drug-likeness (QED) is 0.529.